The molecule has 0 unspecified atom stereocenters. The Morgan fingerprint density at radius 3 is 2.96 bits per heavy atom. The molecule has 1 aliphatic carbocycles. The first-order valence-corrected chi connectivity index (χ1v) is 8.71. The molecule has 6 nitrogen and oxygen atoms in total. The summed E-state index contributed by atoms with van der Waals surface area (Å²) in [4.78, 5) is 16.3. The van der Waals surface area contributed by atoms with E-state index in [4.69, 9.17) is 9.47 Å². The van der Waals surface area contributed by atoms with E-state index in [1.165, 1.54) is 19.3 Å². The van der Waals surface area contributed by atoms with Gasteiger partial charge in [0.15, 0.2) is 0 Å². The molecule has 0 aromatic carbocycles. The van der Waals surface area contributed by atoms with Crippen molar-refractivity contribution >= 4 is 5.91 Å². The van der Waals surface area contributed by atoms with Gasteiger partial charge in [0.2, 0.25) is 5.91 Å². The number of carbonyl (C=O) groups excluding carboxylic acids is 1. The fourth-order valence-corrected chi connectivity index (χ4v) is 3.51. The lowest BCUT2D eigenvalue weighted by Gasteiger charge is -2.30. The number of hydrogen-bond donors (Lipinski definition) is 1. The van der Waals surface area contributed by atoms with Crippen molar-refractivity contribution in [3.05, 3.63) is 18.2 Å². The summed E-state index contributed by atoms with van der Waals surface area (Å²) in [6.07, 6.45) is 11.4. The Kier molecular flexibility index (Phi) is 5.67. The predicted octanol–water partition coefficient (Wildman–Crippen LogP) is 2.11. The minimum absolute atomic E-state index is 0.000753. The topological polar surface area (TPSA) is 65.4 Å². The third-order valence-corrected chi connectivity index (χ3v) is 4.84. The van der Waals surface area contributed by atoms with Gasteiger partial charge in [-0.3, -0.25) is 4.79 Å². The first-order chi connectivity index (χ1) is 11.2. The van der Waals surface area contributed by atoms with Crippen LogP contribution in [0.2, 0.25) is 0 Å². The van der Waals surface area contributed by atoms with E-state index in [-0.39, 0.29) is 30.8 Å². The normalized spacial score (nSPS) is 26.1. The molecule has 0 bridgehead atoms. The fraction of sp³-hybridized carbons (Fsp3) is 0.765. The first-order valence-electron chi connectivity index (χ1n) is 8.71. The highest BCUT2D eigenvalue weighted by atomic mass is 16.5. The van der Waals surface area contributed by atoms with E-state index >= 15 is 0 Å². The van der Waals surface area contributed by atoms with E-state index < -0.39 is 0 Å². The molecule has 2 fully saturated rings. The van der Waals surface area contributed by atoms with Gasteiger partial charge in [-0.25, -0.2) is 4.98 Å². The molecule has 1 aromatic heterocycles. The van der Waals surface area contributed by atoms with Gasteiger partial charge in [-0.05, 0) is 25.7 Å². The zero-order chi connectivity index (χ0) is 16.1. The number of carbonyl (C=O) groups is 1. The van der Waals surface area contributed by atoms with Crippen molar-refractivity contribution < 1.29 is 14.3 Å². The lowest BCUT2D eigenvalue weighted by Crippen LogP contribution is -2.42. The lowest BCUT2D eigenvalue weighted by atomic mass is 9.98. The highest BCUT2D eigenvalue weighted by Gasteiger charge is 2.27. The number of aromatic nitrogens is 2. The number of nitrogens with one attached hydrogen (secondary N) is 1. The zero-order valence-corrected chi connectivity index (χ0v) is 13.9. The Morgan fingerprint density at radius 1 is 1.39 bits per heavy atom. The molecule has 0 spiro atoms. The Bertz CT molecular complexity index is 511. The van der Waals surface area contributed by atoms with E-state index in [2.05, 4.69) is 10.3 Å². The van der Waals surface area contributed by atoms with Crippen molar-refractivity contribution in [2.75, 3.05) is 13.2 Å². The quantitative estimate of drug-likeness (QED) is 0.902. The van der Waals surface area contributed by atoms with Crippen molar-refractivity contribution in [2.24, 2.45) is 7.05 Å². The molecule has 2 aliphatic rings. The minimum atomic E-state index is -0.00812. The number of nitrogens with zero attached hydrogens (tertiary/aromatic N) is 2. The molecule has 1 aromatic rings. The third-order valence-electron chi connectivity index (χ3n) is 4.84. The molecule has 1 amide bonds. The van der Waals surface area contributed by atoms with Gasteiger partial charge in [-0.15, -0.1) is 0 Å². The van der Waals surface area contributed by atoms with E-state index in [0.29, 0.717) is 6.61 Å². The molecule has 6 heteroatoms. The van der Waals surface area contributed by atoms with Gasteiger partial charge >= 0.3 is 0 Å². The highest BCUT2D eigenvalue weighted by molar-refractivity contribution is 5.77. The van der Waals surface area contributed by atoms with Crippen LogP contribution < -0.4 is 5.32 Å². The standard InChI is InChI=1S/C17H27N3O3/c1-20-12-18-10-15(20)16-9-13(7-8-22-16)19-17(21)11-23-14-5-3-2-4-6-14/h10,12-14,16H,2-9,11H2,1H3,(H,19,21)/t13-,16-/m0/s1. The second-order valence-electron chi connectivity index (χ2n) is 6.65. The molecule has 0 radical (unpaired) electrons. The van der Waals surface area contributed by atoms with Gasteiger partial charge in [-0.1, -0.05) is 19.3 Å². The molecule has 1 saturated heterocycles. The maximum Gasteiger partial charge on any atom is 0.246 e. The second kappa shape index (κ2) is 7.93. The smallest absolute Gasteiger partial charge is 0.246 e. The van der Waals surface area contributed by atoms with Gasteiger partial charge in [0.25, 0.3) is 0 Å². The number of amides is 1. The zero-order valence-electron chi connectivity index (χ0n) is 13.9. The van der Waals surface area contributed by atoms with E-state index in [1.807, 2.05) is 17.8 Å². The van der Waals surface area contributed by atoms with Crippen molar-refractivity contribution in [1.82, 2.24) is 14.9 Å². The van der Waals surface area contributed by atoms with Gasteiger partial charge in [0, 0.05) is 19.7 Å². The number of ether oxygens (including phenoxy) is 2. The van der Waals surface area contributed by atoms with Gasteiger partial charge in [0.1, 0.15) is 12.7 Å². The monoisotopic (exact) mass is 321 g/mol. The number of rotatable bonds is 5. The summed E-state index contributed by atoms with van der Waals surface area (Å²) < 4.78 is 13.5. The molecular formula is C17H27N3O3. The number of hydrogen-bond acceptors (Lipinski definition) is 4. The summed E-state index contributed by atoms with van der Waals surface area (Å²) in [6.45, 7) is 0.836. The fourth-order valence-electron chi connectivity index (χ4n) is 3.51. The molecule has 1 aliphatic heterocycles. The van der Waals surface area contributed by atoms with Crippen molar-refractivity contribution in [1.29, 1.82) is 0 Å². The Morgan fingerprint density at radius 2 is 2.22 bits per heavy atom. The Balaban J connectivity index is 1.43. The Hall–Kier alpha value is -1.40. The maximum atomic E-state index is 12.1. The number of imidazole rings is 1. The average Bonchev–Trinajstić information content (AvgIpc) is 3.00. The molecule has 128 valence electrons. The van der Waals surface area contributed by atoms with Crippen LogP contribution in [0.1, 0.15) is 56.7 Å². The van der Waals surface area contributed by atoms with Gasteiger partial charge < -0.3 is 19.4 Å². The van der Waals surface area contributed by atoms with E-state index in [0.717, 1.165) is 31.4 Å². The molecule has 1 saturated carbocycles. The van der Waals surface area contributed by atoms with Crippen LogP contribution in [0.5, 0.6) is 0 Å². The summed E-state index contributed by atoms with van der Waals surface area (Å²) in [7, 11) is 1.96. The van der Waals surface area contributed by atoms with Crippen molar-refractivity contribution in [3.63, 3.8) is 0 Å². The molecule has 1 N–H and O–H groups in total. The average molecular weight is 321 g/mol. The molecule has 23 heavy (non-hydrogen) atoms. The van der Waals surface area contributed by atoms with E-state index in [1.54, 1.807) is 6.33 Å². The largest absolute Gasteiger partial charge is 0.372 e. The highest BCUT2D eigenvalue weighted by Crippen LogP contribution is 2.27. The molecule has 2 heterocycles. The molecule has 3 rings (SSSR count). The van der Waals surface area contributed by atoms with Crippen LogP contribution in [0.4, 0.5) is 0 Å². The predicted molar refractivity (Wildman–Crippen MR) is 85.9 cm³/mol. The summed E-state index contributed by atoms with van der Waals surface area (Å²) in [5.41, 5.74) is 1.06. The van der Waals surface area contributed by atoms with Crippen LogP contribution in [0.25, 0.3) is 0 Å². The summed E-state index contributed by atoms with van der Waals surface area (Å²) in [5.74, 6) is -0.00812. The minimum Gasteiger partial charge on any atom is -0.372 e. The van der Waals surface area contributed by atoms with Gasteiger partial charge in [0.05, 0.1) is 24.3 Å². The summed E-state index contributed by atoms with van der Waals surface area (Å²) in [6, 6.07) is 0.145. The summed E-state index contributed by atoms with van der Waals surface area (Å²) >= 11 is 0. The molecule has 2 atom stereocenters. The maximum absolute atomic E-state index is 12.1. The van der Waals surface area contributed by atoms with Crippen LogP contribution in [-0.4, -0.2) is 40.8 Å². The SMILES string of the molecule is Cn1cncc1[C@@H]1C[C@@H](NC(=O)COC2CCCCC2)CCO1. The van der Waals surface area contributed by atoms with Crippen LogP contribution in [-0.2, 0) is 21.3 Å². The van der Waals surface area contributed by atoms with Crippen molar-refractivity contribution in [2.45, 2.75) is 63.2 Å². The van der Waals surface area contributed by atoms with Crippen LogP contribution in [0.15, 0.2) is 12.5 Å². The van der Waals surface area contributed by atoms with E-state index in [9.17, 15) is 4.79 Å². The number of aryl methyl sites for hydroxylation is 1. The van der Waals surface area contributed by atoms with Crippen LogP contribution >= 0.6 is 0 Å². The summed E-state index contributed by atoms with van der Waals surface area (Å²) in [5, 5.41) is 3.10. The first kappa shape index (κ1) is 16.5. The Labute approximate surface area is 137 Å². The molecular weight excluding hydrogens is 294 g/mol. The van der Waals surface area contributed by atoms with Crippen LogP contribution in [0, 0.1) is 0 Å². The second-order valence-corrected chi connectivity index (χ2v) is 6.65. The van der Waals surface area contributed by atoms with Crippen LogP contribution in [0.3, 0.4) is 0 Å². The van der Waals surface area contributed by atoms with Gasteiger partial charge in [-0.2, -0.15) is 0 Å². The lowest BCUT2D eigenvalue weighted by molar-refractivity contribution is -0.130. The van der Waals surface area contributed by atoms with Crippen molar-refractivity contribution in [3.8, 4) is 0 Å². The third kappa shape index (κ3) is 4.54.